The summed E-state index contributed by atoms with van der Waals surface area (Å²) in [6.45, 7) is 4.76. The lowest BCUT2D eigenvalue weighted by Crippen LogP contribution is -2.52. The Morgan fingerprint density at radius 2 is 2.11 bits per heavy atom. The fourth-order valence-corrected chi connectivity index (χ4v) is 5.09. The largest absolute Gasteiger partial charge is 0.308 e. The molecule has 2 fully saturated rings. The van der Waals surface area contributed by atoms with E-state index in [4.69, 9.17) is 6.42 Å². The van der Waals surface area contributed by atoms with Gasteiger partial charge in [-0.3, -0.25) is 4.90 Å². The highest BCUT2D eigenvalue weighted by atomic mass is 32.2. The summed E-state index contributed by atoms with van der Waals surface area (Å²) in [7, 11) is -2.82. The second kappa shape index (κ2) is 5.20. The van der Waals surface area contributed by atoms with E-state index in [1.807, 2.05) is 6.92 Å². The van der Waals surface area contributed by atoms with Gasteiger partial charge in [-0.2, -0.15) is 0 Å². The SMILES string of the molecule is C#CCN1CCC(NC2(C)CCS(=O)(=O)C2)CC1. The standard InChI is InChI=1S/C13H22N2O2S/c1-3-7-15-8-4-12(5-9-15)14-13(2)6-10-18(16,17)11-13/h1,12,14H,4-11H2,2H3. The first-order valence-corrected chi connectivity index (χ1v) is 8.39. The van der Waals surface area contributed by atoms with Crippen LogP contribution < -0.4 is 5.32 Å². The van der Waals surface area contributed by atoms with Crippen molar-refractivity contribution in [2.45, 2.75) is 37.8 Å². The second-order valence-electron chi connectivity index (χ2n) is 5.80. The molecule has 2 heterocycles. The number of likely N-dealkylation sites (tertiary alicyclic amines) is 1. The zero-order valence-corrected chi connectivity index (χ0v) is 11.8. The van der Waals surface area contributed by atoms with Crippen LogP contribution in [0.2, 0.25) is 0 Å². The zero-order chi connectivity index (χ0) is 13.2. The summed E-state index contributed by atoms with van der Waals surface area (Å²) >= 11 is 0. The maximum absolute atomic E-state index is 11.6. The molecule has 0 spiro atoms. The van der Waals surface area contributed by atoms with E-state index in [0.717, 1.165) is 38.9 Å². The van der Waals surface area contributed by atoms with E-state index in [1.54, 1.807) is 0 Å². The minimum absolute atomic E-state index is 0.224. The van der Waals surface area contributed by atoms with E-state index in [1.165, 1.54) is 0 Å². The average molecular weight is 270 g/mol. The molecular formula is C13H22N2O2S. The fraction of sp³-hybridized carbons (Fsp3) is 0.846. The molecule has 102 valence electrons. The molecule has 0 aliphatic carbocycles. The van der Waals surface area contributed by atoms with E-state index in [2.05, 4.69) is 16.1 Å². The molecule has 0 saturated carbocycles. The van der Waals surface area contributed by atoms with Gasteiger partial charge in [-0.1, -0.05) is 5.92 Å². The number of sulfone groups is 1. The lowest BCUT2D eigenvalue weighted by atomic mass is 9.96. The normalized spacial score (nSPS) is 33.3. The van der Waals surface area contributed by atoms with Crippen molar-refractivity contribution in [3.05, 3.63) is 0 Å². The lowest BCUT2D eigenvalue weighted by Gasteiger charge is -2.36. The number of nitrogens with one attached hydrogen (secondary N) is 1. The van der Waals surface area contributed by atoms with Gasteiger partial charge in [0.1, 0.15) is 0 Å². The molecule has 0 aromatic heterocycles. The molecule has 0 aromatic carbocycles. The predicted octanol–water partition coefficient (Wildman–Crippen LogP) is 0.251. The maximum atomic E-state index is 11.6. The molecule has 1 atom stereocenters. The van der Waals surface area contributed by atoms with Gasteiger partial charge in [0, 0.05) is 24.7 Å². The molecule has 5 heteroatoms. The molecule has 2 rings (SSSR count). The van der Waals surface area contributed by atoms with Crippen LogP contribution in [0.25, 0.3) is 0 Å². The van der Waals surface area contributed by atoms with E-state index in [-0.39, 0.29) is 11.3 Å². The minimum Gasteiger partial charge on any atom is -0.308 e. The Morgan fingerprint density at radius 3 is 2.61 bits per heavy atom. The van der Waals surface area contributed by atoms with Crippen molar-refractivity contribution in [3.63, 3.8) is 0 Å². The quantitative estimate of drug-likeness (QED) is 0.747. The van der Waals surface area contributed by atoms with Gasteiger partial charge < -0.3 is 5.32 Å². The van der Waals surface area contributed by atoms with Crippen molar-refractivity contribution in [2.75, 3.05) is 31.1 Å². The van der Waals surface area contributed by atoms with E-state index < -0.39 is 9.84 Å². The van der Waals surface area contributed by atoms with Crippen molar-refractivity contribution in [2.24, 2.45) is 0 Å². The van der Waals surface area contributed by atoms with E-state index in [9.17, 15) is 8.42 Å². The smallest absolute Gasteiger partial charge is 0.152 e. The Labute approximate surface area is 110 Å². The number of nitrogens with zero attached hydrogens (tertiary/aromatic N) is 1. The van der Waals surface area contributed by atoms with Crippen LogP contribution in [0.3, 0.4) is 0 Å². The summed E-state index contributed by atoms with van der Waals surface area (Å²) in [5, 5.41) is 3.55. The van der Waals surface area contributed by atoms with Crippen molar-refractivity contribution in [3.8, 4) is 12.3 Å². The summed E-state index contributed by atoms with van der Waals surface area (Å²) in [6.07, 6.45) is 8.14. The monoisotopic (exact) mass is 270 g/mol. The Balaban J connectivity index is 1.84. The van der Waals surface area contributed by atoms with E-state index >= 15 is 0 Å². The molecule has 0 amide bonds. The first-order chi connectivity index (χ1) is 8.42. The molecule has 0 radical (unpaired) electrons. The zero-order valence-electron chi connectivity index (χ0n) is 11.0. The summed E-state index contributed by atoms with van der Waals surface area (Å²) in [5.41, 5.74) is -0.224. The van der Waals surface area contributed by atoms with Gasteiger partial charge in [-0.05, 0) is 26.2 Å². The Bertz CT molecular complexity index is 432. The van der Waals surface area contributed by atoms with Crippen molar-refractivity contribution in [1.29, 1.82) is 0 Å². The molecule has 0 aromatic rings. The topological polar surface area (TPSA) is 49.4 Å². The number of hydrogen-bond donors (Lipinski definition) is 1. The summed E-state index contributed by atoms with van der Waals surface area (Å²) in [5.74, 6) is 3.28. The molecular weight excluding hydrogens is 248 g/mol. The van der Waals surface area contributed by atoms with Crippen molar-refractivity contribution >= 4 is 9.84 Å². The molecule has 0 bridgehead atoms. The van der Waals surface area contributed by atoms with Crippen LogP contribution in [0, 0.1) is 12.3 Å². The van der Waals surface area contributed by atoms with Crippen molar-refractivity contribution < 1.29 is 8.42 Å². The van der Waals surface area contributed by atoms with Crippen LogP contribution in [0.5, 0.6) is 0 Å². The Hall–Kier alpha value is -0.570. The number of rotatable bonds is 3. The van der Waals surface area contributed by atoms with Crippen molar-refractivity contribution in [1.82, 2.24) is 10.2 Å². The Kier molecular flexibility index (Phi) is 4.00. The molecule has 2 aliphatic rings. The number of piperidine rings is 1. The van der Waals surface area contributed by atoms with Gasteiger partial charge in [0.15, 0.2) is 9.84 Å². The highest BCUT2D eigenvalue weighted by Crippen LogP contribution is 2.25. The molecule has 18 heavy (non-hydrogen) atoms. The summed E-state index contributed by atoms with van der Waals surface area (Å²) < 4.78 is 23.1. The molecule has 1 unspecified atom stereocenters. The van der Waals surface area contributed by atoms with Crippen LogP contribution in [-0.4, -0.2) is 56.0 Å². The van der Waals surface area contributed by atoms with Gasteiger partial charge in [0.2, 0.25) is 0 Å². The van der Waals surface area contributed by atoms with Gasteiger partial charge in [-0.25, -0.2) is 8.42 Å². The number of hydrogen-bond acceptors (Lipinski definition) is 4. The summed E-state index contributed by atoms with van der Waals surface area (Å²) in [6, 6.07) is 0.428. The first-order valence-electron chi connectivity index (χ1n) is 6.56. The minimum atomic E-state index is -2.82. The van der Waals surface area contributed by atoms with Gasteiger partial charge in [0.05, 0.1) is 18.1 Å². The highest BCUT2D eigenvalue weighted by Gasteiger charge is 2.39. The van der Waals surface area contributed by atoms with Crippen LogP contribution in [-0.2, 0) is 9.84 Å². The second-order valence-corrected chi connectivity index (χ2v) is 7.99. The molecule has 4 nitrogen and oxygen atoms in total. The van der Waals surface area contributed by atoms with Gasteiger partial charge in [-0.15, -0.1) is 6.42 Å². The Morgan fingerprint density at radius 1 is 1.44 bits per heavy atom. The third kappa shape index (κ3) is 3.47. The van der Waals surface area contributed by atoms with Crippen LogP contribution in [0.15, 0.2) is 0 Å². The van der Waals surface area contributed by atoms with Crippen LogP contribution in [0.1, 0.15) is 26.2 Å². The third-order valence-corrected chi connectivity index (χ3v) is 5.86. The first kappa shape index (κ1) is 13.9. The van der Waals surface area contributed by atoms with Gasteiger partial charge >= 0.3 is 0 Å². The lowest BCUT2D eigenvalue weighted by molar-refractivity contribution is 0.194. The maximum Gasteiger partial charge on any atom is 0.152 e. The fourth-order valence-electron chi connectivity index (χ4n) is 2.98. The van der Waals surface area contributed by atoms with Crippen LogP contribution in [0.4, 0.5) is 0 Å². The van der Waals surface area contributed by atoms with Gasteiger partial charge in [0.25, 0.3) is 0 Å². The summed E-state index contributed by atoms with van der Waals surface area (Å²) in [4.78, 5) is 2.27. The van der Waals surface area contributed by atoms with Crippen LogP contribution >= 0.6 is 0 Å². The number of terminal acetylenes is 1. The molecule has 1 N–H and O–H groups in total. The highest BCUT2D eigenvalue weighted by molar-refractivity contribution is 7.91. The molecule has 2 saturated heterocycles. The average Bonchev–Trinajstić information content (AvgIpc) is 2.56. The predicted molar refractivity (Wildman–Crippen MR) is 73.1 cm³/mol. The third-order valence-electron chi connectivity index (χ3n) is 3.96. The van der Waals surface area contributed by atoms with E-state index in [0.29, 0.717) is 11.8 Å². The molecule has 2 aliphatic heterocycles.